The number of nitrogens with zero attached hydrogens (tertiary/aromatic N) is 3. The summed E-state index contributed by atoms with van der Waals surface area (Å²) < 4.78 is 13.3. The molecule has 144 valence electrons. The third-order valence-electron chi connectivity index (χ3n) is 4.19. The SMILES string of the molecule is CCCCNc1nc(N)c2[nH]c(=O)n(Cc3cccc(P(C)(=O)O)c3)c2n1. The lowest BCUT2D eigenvalue weighted by atomic mass is 10.2. The second-order valence-corrected chi connectivity index (χ2v) is 8.75. The Hall–Kier alpha value is -2.64. The molecule has 0 aliphatic rings. The highest BCUT2D eigenvalue weighted by molar-refractivity contribution is 7.65. The van der Waals surface area contributed by atoms with Gasteiger partial charge in [-0.25, -0.2) is 4.79 Å². The Labute approximate surface area is 156 Å². The van der Waals surface area contributed by atoms with Crippen LogP contribution in [0.5, 0.6) is 0 Å². The molecule has 3 aromatic rings. The van der Waals surface area contributed by atoms with Crippen LogP contribution in [-0.4, -0.2) is 37.6 Å². The maximum absolute atomic E-state index is 12.4. The Kier molecular flexibility index (Phi) is 5.34. The van der Waals surface area contributed by atoms with Crippen molar-refractivity contribution in [2.24, 2.45) is 0 Å². The summed E-state index contributed by atoms with van der Waals surface area (Å²) in [5.74, 6) is 0.556. The molecule has 27 heavy (non-hydrogen) atoms. The van der Waals surface area contributed by atoms with Gasteiger partial charge in [-0.3, -0.25) is 9.13 Å². The third kappa shape index (κ3) is 4.20. The zero-order valence-corrected chi connectivity index (χ0v) is 16.2. The van der Waals surface area contributed by atoms with Crippen molar-refractivity contribution in [3.63, 3.8) is 0 Å². The summed E-state index contributed by atoms with van der Waals surface area (Å²) in [5.41, 5.74) is 7.08. The molecule has 0 aliphatic heterocycles. The van der Waals surface area contributed by atoms with Gasteiger partial charge in [0.15, 0.2) is 11.5 Å². The molecule has 0 aliphatic carbocycles. The first-order valence-corrected chi connectivity index (χ1v) is 10.8. The molecule has 2 aromatic heterocycles. The van der Waals surface area contributed by atoms with E-state index in [0.717, 1.165) is 12.8 Å². The minimum absolute atomic E-state index is 0.192. The van der Waals surface area contributed by atoms with Crippen molar-refractivity contribution < 1.29 is 9.46 Å². The summed E-state index contributed by atoms with van der Waals surface area (Å²) in [6, 6.07) is 6.70. The van der Waals surface area contributed by atoms with Crippen LogP contribution in [0.1, 0.15) is 25.3 Å². The summed E-state index contributed by atoms with van der Waals surface area (Å²) >= 11 is 0. The normalized spacial score (nSPS) is 13.6. The first kappa shape index (κ1) is 19.1. The fourth-order valence-electron chi connectivity index (χ4n) is 2.75. The van der Waals surface area contributed by atoms with Crippen LogP contribution in [0.15, 0.2) is 29.1 Å². The number of fused-ring (bicyclic) bond motifs is 1. The number of rotatable bonds is 7. The van der Waals surface area contributed by atoms with Crippen molar-refractivity contribution >= 4 is 35.6 Å². The summed E-state index contributed by atoms with van der Waals surface area (Å²) in [5, 5.41) is 3.44. The number of hydrogen-bond donors (Lipinski definition) is 4. The van der Waals surface area contributed by atoms with E-state index in [1.165, 1.54) is 11.2 Å². The predicted octanol–water partition coefficient (Wildman–Crippen LogP) is 1.49. The Morgan fingerprint density at radius 2 is 2.15 bits per heavy atom. The molecule has 1 aromatic carbocycles. The molecule has 0 radical (unpaired) electrons. The molecule has 0 bridgehead atoms. The minimum Gasteiger partial charge on any atom is -0.382 e. The van der Waals surface area contributed by atoms with E-state index < -0.39 is 7.37 Å². The summed E-state index contributed by atoms with van der Waals surface area (Å²) in [7, 11) is -3.38. The van der Waals surface area contributed by atoms with E-state index in [-0.39, 0.29) is 18.1 Å². The molecule has 2 heterocycles. The van der Waals surface area contributed by atoms with Gasteiger partial charge in [-0.05, 0) is 24.1 Å². The zero-order chi connectivity index (χ0) is 19.6. The lowest BCUT2D eigenvalue weighted by Crippen LogP contribution is -2.18. The van der Waals surface area contributed by atoms with Crippen molar-refractivity contribution in [2.75, 3.05) is 24.3 Å². The number of H-pyrrole nitrogens is 1. The first-order valence-electron chi connectivity index (χ1n) is 8.69. The van der Waals surface area contributed by atoms with Crippen LogP contribution in [0.3, 0.4) is 0 Å². The van der Waals surface area contributed by atoms with Crippen LogP contribution >= 0.6 is 7.37 Å². The van der Waals surface area contributed by atoms with Crippen LogP contribution in [0.2, 0.25) is 0 Å². The van der Waals surface area contributed by atoms with Crippen molar-refractivity contribution in [2.45, 2.75) is 26.3 Å². The van der Waals surface area contributed by atoms with Gasteiger partial charge in [-0.15, -0.1) is 0 Å². The number of nitrogens with two attached hydrogens (primary N) is 1. The Morgan fingerprint density at radius 1 is 1.37 bits per heavy atom. The maximum Gasteiger partial charge on any atom is 0.328 e. The second-order valence-electron chi connectivity index (χ2n) is 6.48. The summed E-state index contributed by atoms with van der Waals surface area (Å²) in [6.07, 6.45) is 1.99. The largest absolute Gasteiger partial charge is 0.382 e. The van der Waals surface area contributed by atoms with Gasteiger partial charge in [0.2, 0.25) is 13.3 Å². The molecule has 0 saturated carbocycles. The molecule has 0 amide bonds. The highest BCUT2D eigenvalue weighted by atomic mass is 31.2. The molecular formula is C17H23N6O3P. The molecule has 10 heteroatoms. The number of nitrogens with one attached hydrogen (secondary N) is 2. The van der Waals surface area contributed by atoms with Crippen LogP contribution < -0.4 is 22.0 Å². The molecule has 9 nitrogen and oxygen atoms in total. The fraction of sp³-hybridized carbons (Fsp3) is 0.353. The number of aromatic nitrogens is 4. The number of unbranched alkanes of at least 4 members (excludes halogenated alkanes) is 1. The van der Waals surface area contributed by atoms with Gasteiger partial charge in [0.05, 0.1) is 6.54 Å². The Balaban J connectivity index is 2.00. The monoisotopic (exact) mass is 390 g/mol. The third-order valence-corrected chi connectivity index (χ3v) is 5.43. The molecule has 1 unspecified atom stereocenters. The first-order chi connectivity index (χ1) is 12.8. The number of nitrogen functional groups attached to an aromatic ring is 1. The molecule has 5 N–H and O–H groups in total. The van der Waals surface area contributed by atoms with Crippen LogP contribution in [-0.2, 0) is 11.1 Å². The molecule has 1 atom stereocenters. The van der Waals surface area contributed by atoms with Crippen LogP contribution in [0, 0.1) is 0 Å². The minimum atomic E-state index is -3.38. The fourth-order valence-corrected chi connectivity index (χ4v) is 3.52. The topological polar surface area (TPSA) is 139 Å². The van der Waals surface area contributed by atoms with E-state index in [9.17, 15) is 14.3 Å². The summed E-state index contributed by atoms with van der Waals surface area (Å²) in [4.78, 5) is 33.5. The number of anilines is 2. The van der Waals surface area contributed by atoms with Gasteiger partial charge in [0, 0.05) is 18.5 Å². The molecule has 3 rings (SSSR count). The highest BCUT2D eigenvalue weighted by Gasteiger charge is 2.16. The number of hydrogen-bond acceptors (Lipinski definition) is 6. The van der Waals surface area contributed by atoms with E-state index >= 15 is 0 Å². The Morgan fingerprint density at radius 3 is 2.85 bits per heavy atom. The van der Waals surface area contributed by atoms with E-state index in [4.69, 9.17) is 5.73 Å². The van der Waals surface area contributed by atoms with Crippen molar-refractivity contribution in [3.05, 3.63) is 40.3 Å². The van der Waals surface area contributed by atoms with Gasteiger partial charge in [0.25, 0.3) is 0 Å². The zero-order valence-electron chi connectivity index (χ0n) is 15.3. The maximum atomic E-state index is 12.4. The van der Waals surface area contributed by atoms with Gasteiger partial charge < -0.3 is 20.9 Å². The van der Waals surface area contributed by atoms with Gasteiger partial charge in [0.1, 0.15) is 5.52 Å². The van der Waals surface area contributed by atoms with E-state index in [1.54, 1.807) is 24.3 Å². The number of imidazole rings is 1. The lowest BCUT2D eigenvalue weighted by molar-refractivity contribution is 0.496. The Bertz CT molecular complexity index is 1070. The van der Waals surface area contributed by atoms with Crippen molar-refractivity contribution in [1.82, 2.24) is 19.5 Å². The van der Waals surface area contributed by atoms with Gasteiger partial charge in [-0.2, -0.15) is 9.97 Å². The molecule has 0 fully saturated rings. The number of aromatic amines is 1. The smallest absolute Gasteiger partial charge is 0.328 e. The van der Waals surface area contributed by atoms with Crippen LogP contribution in [0.25, 0.3) is 11.2 Å². The van der Waals surface area contributed by atoms with Gasteiger partial charge >= 0.3 is 5.69 Å². The summed E-state index contributed by atoms with van der Waals surface area (Å²) in [6.45, 7) is 4.27. The average molecular weight is 390 g/mol. The standard InChI is InChI=1S/C17H23N6O3P/c1-3-4-8-19-16-21-14(18)13-15(22-16)23(17(24)20-13)10-11-6-5-7-12(9-11)27(2,25)26/h5-7,9H,3-4,8,10H2,1-2H3,(H,20,24)(H,25,26)(H3,18,19,21,22). The second kappa shape index (κ2) is 7.54. The molecule has 0 saturated heterocycles. The van der Waals surface area contributed by atoms with Crippen molar-refractivity contribution in [3.8, 4) is 0 Å². The average Bonchev–Trinajstić information content (AvgIpc) is 2.91. The van der Waals surface area contributed by atoms with Crippen molar-refractivity contribution in [1.29, 1.82) is 0 Å². The molecule has 0 spiro atoms. The van der Waals surface area contributed by atoms with Gasteiger partial charge in [-0.1, -0.05) is 25.5 Å². The van der Waals surface area contributed by atoms with Crippen LogP contribution in [0.4, 0.5) is 11.8 Å². The lowest BCUT2D eigenvalue weighted by Gasteiger charge is -2.09. The highest BCUT2D eigenvalue weighted by Crippen LogP contribution is 2.33. The van der Waals surface area contributed by atoms with E-state index in [1.807, 2.05) is 0 Å². The number of benzene rings is 1. The predicted molar refractivity (Wildman–Crippen MR) is 107 cm³/mol. The molecular weight excluding hydrogens is 367 g/mol. The van der Waals surface area contributed by atoms with E-state index in [0.29, 0.717) is 34.5 Å². The van der Waals surface area contributed by atoms with E-state index in [2.05, 4.69) is 27.2 Å². The quantitative estimate of drug-likeness (QED) is 0.354.